The lowest BCUT2D eigenvalue weighted by Gasteiger charge is -2.39. The maximum atomic E-state index is 11.0. The van der Waals surface area contributed by atoms with E-state index in [4.69, 9.17) is 0 Å². The number of nitro benzene ring substituents is 1. The van der Waals surface area contributed by atoms with Crippen LogP contribution < -0.4 is 4.90 Å². The fourth-order valence-electron chi connectivity index (χ4n) is 2.68. The van der Waals surface area contributed by atoms with Gasteiger partial charge in [0.05, 0.1) is 10.5 Å². The van der Waals surface area contributed by atoms with Crippen molar-refractivity contribution in [3.8, 4) is 0 Å². The largest absolute Gasteiger partial charge is 0.369 e. The van der Waals surface area contributed by atoms with Gasteiger partial charge in [0.25, 0.3) is 5.69 Å². The van der Waals surface area contributed by atoms with E-state index in [1.807, 2.05) is 0 Å². The maximum absolute atomic E-state index is 11.0. The average Bonchev–Trinajstić information content (AvgIpc) is 2.53. The summed E-state index contributed by atoms with van der Waals surface area (Å²) in [6.45, 7) is 8.11. The summed E-state index contributed by atoms with van der Waals surface area (Å²) in [6, 6.07) is 5.34. The standard InChI is InChI=1S/C15H21N3O3/c1-3-12(2)16-6-8-17(9-7-16)14-4-5-15(18(20)21)13(10-14)11-19/h4-5,10-12H,3,6-9H2,1-2H3. The second kappa shape index (κ2) is 6.67. The molecule has 1 heterocycles. The molecule has 1 aliphatic rings. The van der Waals surface area contributed by atoms with E-state index in [-0.39, 0.29) is 11.3 Å². The van der Waals surface area contributed by atoms with Crippen LogP contribution in [0.3, 0.4) is 0 Å². The smallest absolute Gasteiger partial charge is 0.280 e. The van der Waals surface area contributed by atoms with Crippen LogP contribution in [0.15, 0.2) is 18.2 Å². The minimum Gasteiger partial charge on any atom is -0.369 e. The Hall–Kier alpha value is -1.95. The molecule has 0 saturated carbocycles. The van der Waals surface area contributed by atoms with Gasteiger partial charge in [0.2, 0.25) is 0 Å². The molecular formula is C15H21N3O3. The third-order valence-corrected chi connectivity index (χ3v) is 4.23. The molecule has 6 nitrogen and oxygen atoms in total. The first-order chi connectivity index (χ1) is 10.1. The lowest BCUT2D eigenvalue weighted by atomic mass is 10.1. The van der Waals surface area contributed by atoms with E-state index in [2.05, 4.69) is 23.6 Å². The third-order valence-electron chi connectivity index (χ3n) is 4.23. The summed E-state index contributed by atoms with van der Waals surface area (Å²) in [7, 11) is 0. The Morgan fingerprint density at radius 3 is 2.52 bits per heavy atom. The Kier molecular flexibility index (Phi) is 4.90. The Balaban J connectivity index is 2.10. The topological polar surface area (TPSA) is 66.7 Å². The van der Waals surface area contributed by atoms with Crippen LogP contribution in [-0.2, 0) is 0 Å². The Labute approximate surface area is 124 Å². The number of nitro groups is 1. The highest BCUT2D eigenvalue weighted by atomic mass is 16.6. The molecule has 0 radical (unpaired) electrons. The molecule has 1 aromatic rings. The molecule has 6 heteroatoms. The third kappa shape index (κ3) is 3.39. The lowest BCUT2D eigenvalue weighted by Crippen LogP contribution is -2.49. The van der Waals surface area contributed by atoms with Gasteiger partial charge >= 0.3 is 0 Å². The molecule has 0 spiro atoms. The van der Waals surface area contributed by atoms with Crippen LogP contribution in [0, 0.1) is 10.1 Å². The summed E-state index contributed by atoms with van der Waals surface area (Å²) in [4.78, 5) is 26.0. The first kappa shape index (κ1) is 15.4. The first-order valence-electron chi connectivity index (χ1n) is 7.29. The molecule has 1 fully saturated rings. The summed E-state index contributed by atoms with van der Waals surface area (Å²) in [5, 5.41) is 10.8. The highest BCUT2D eigenvalue weighted by Crippen LogP contribution is 2.25. The van der Waals surface area contributed by atoms with Gasteiger partial charge in [0.15, 0.2) is 6.29 Å². The van der Waals surface area contributed by atoms with Gasteiger partial charge in [-0.15, -0.1) is 0 Å². The summed E-state index contributed by atoms with van der Waals surface area (Å²) < 4.78 is 0. The number of rotatable bonds is 5. The van der Waals surface area contributed by atoms with Crippen LogP contribution in [0.2, 0.25) is 0 Å². The van der Waals surface area contributed by atoms with Crippen LogP contribution >= 0.6 is 0 Å². The molecule has 1 aromatic carbocycles. The van der Waals surface area contributed by atoms with E-state index in [9.17, 15) is 14.9 Å². The molecule has 114 valence electrons. The van der Waals surface area contributed by atoms with Crippen molar-refractivity contribution in [2.45, 2.75) is 26.3 Å². The molecule has 0 bridgehead atoms. The zero-order valence-corrected chi connectivity index (χ0v) is 12.5. The van der Waals surface area contributed by atoms with E-state index in [1.165, 1.54) is 6.07 Å². The van der Waals surface area contributed by atoms with Crippen molar-refractivity contribution in [2.75, 3.05) is 31.1 Å². The Morgan fingerprint density at radius 1 is 1.33 bits per heavy atom. The summed E-state index contributed by atoms with van der Waals surface area (Å²) in [5.74, 6) is 0. The highest BCUT2D eigenvalue weighted by molar-refractivity contribution is 5.83. The van der Waals surface area contributed by atoms with E-state index in [0.29, 0.717) is 12.3 Å². The molecule has 0 aliphatic carbocycles. The Morgan fingerprint density at radius 2 is 2.00 bits per heavy atom. The average molecular weight is 291 g/mol. The van der Waals surface area contributed by atoms with Gasteiger partial charge in [-0.2, -0.15) is 0 Å². The molecule has 1 unspecified atom stereocenters. The minimum absolute atomic E-state index is 0.132. The van der Waals surface area contributed by atoms with Crippen LogP contribution in [-0.4, -0.2) is 48.3 Å². The Bertz CT molecular complexity index is 525. The fraction of sp³-hybridized carbons (Fsp3) is 0.533. The van der Waals surface area contributed by atoms with Gasteiger partial charge in [-0.3, -0.25) is 19.8 Å². The lowest BCUT2D eigenvalue weighted by molar-refractivity contribution is -0.385. The number of hydrogen-bond donors (Lipinski definition) is 0. The molecule has 21 heavy (non-hydrogen) atoms. The SMILES string of the molecule is CCC(C)N1CCN(c2ccc([N+](=O)[O-])c(C=O)c2)CC1. The van der Waals surface area contributed by atoms with Crippen LogP contribution in [0.25, 0.3) is 0 Å². The zero-order valence-electron chi connectivity index (χ0n) is 12.5. The van der Waals surface area contributed by atoms with Gasteiger partial charge in [0, 0.05) is 44.0 Å². The number of benzene rings is 1. The molecular weight excluding hydrogens is 270 g/mol. The predicted molar refractivity (Wildman–Crippen MR) is 82.0 cm³/mol. The normalized spacial score (nSPS) is 17.5. The van der Waals surface area contributed by atoms with E-state index in [1.54, 1.807) is 12.1 Å². The molecule has 1 atom stereocenters. The molecule has 1 aliphatic heterocycles. The predicted octanol–water partition coefficient (Wildman–Crippen LogP) is 2.33. The number of aldehydes is 1. The molecule has 1 saturated heterocycles. The number of carbonyl (C=O) groups excluding carboxylic acids is 1. The number of nitrogens with zero attached hydrogens (tertiary/aromatic N) is 3. The molecule has 0 aromatic heterocycles. The number of anilines is 1. The van der Waals surface area contributed by atoms with Gasteiger partial charge in [0.1, 0.15) is 0 Å². The number of piperazine rings is 1. The van der Waals surface area contributed by atoms with Gasteiger partial charge in [-0.1, -0.05) is 6.92 Å². The minimum atomic E-state index is -0.519. The van der Waals surface area contributed by atoms with Gasteiger partial charge in [-0.25, -0.2) is 0 Å². The van der Waals surface area contributed by atoms with Crippen LogP contribution in [0.4, 0.5) is 11.4 Å². The van der Waals surface area contributed by atoms with Crippen molar-refractivity contribution in [1.29, 1.82) is 0 Å². The van der Waals surface area contributed by atoms with E-state index in [0.717, 1.165) is 38.3 Å². The van der Waals surface area contributed by atoms with E-state index >= 15 is 0 Å². The number of hydrogen-bond acceptors (Lipinski definition) is 5. The molecule has 0 N–H and O–H groups in total. The number of carbonyl (C=O) groups is 1. The second-order valence-electron chi connectivity index (χ2n) is 5.40. The highest BCUT2D eigenvalue weighted by Gasteiger charge is 2.22. The summed E-state index contributed by atoms with van der Waals surface area (Å²) in [5.41, 5.74) is 0.889. The molecule has 0 amide bonds. The summed E-state index contributed by atoms with van der Waals surface area (Å²) in [6.07, 6.45) is 1.68. The van der Waals surface area contributed by atoms with Gasteiger partial charge < -0.3 is 4.90 Å². The van der Waals surface area contributed by atoms with Crippen molar-refractivity contribution in [2.24, 2.45) is 0 Å². The van der Waals surface area contributed by atoms with Crippen LogP contribution in [0.1, 0.15) is 30.6 Å². The van der Waals surface area contributed by atoms with Gasteiger partial charge in [-0.05, 0) is 25.5 Å². The fourth-order valence-corrected chi connectivity index (χ4v) is 2.68. The maximum Gasteiger partial charge on any atom is 0.280 e. The van der Waals surface area contributed by atoms with E-state index < -0.39 is 4.92 Å². The monoisotopic (exact) mass is 291 g/mol. The van der Waals surface area contributed by atoms with Crippen molar-refractivity contribution in [3.63, 3.8) is 0 Å². The van der Waals surface area contributed by atoms with Crippen molar-refractivity contribution < 1.29 is 9.72 Å². The summed E-state index contributed by atoms with van der Waals surface area (Å²) >= 11 is 0. The quantitative estimate of drug-likeness (QED) is 0.473. The molecule has 2 rings (SSSR count). The van der Waals surface area contributed by atoms with Crippen LogP contribution in [0.5, 0.6) is 0 Å². The second-order valence-corrected chi connectivity index (χ2v) is 5.40. The van der Waals surface area contributed by atoms with Crippen molar-refractivity contribution >= 4 is 17.7 Å². The zero-order chi connectivity index (χ0) is 15.4. The van der Waals surface area contributed by atoms with Crippen molar-refractivity contribution in [3.05, 3.63) is 33.9 Å². The first-order valence-corrected chi connectivity index (χ1v) is 7.29. The van der Waals surface area contributed by atoms with Crippen molar-refractivity contribution in [1.82, 2.24) is 4.90 Å².